The minimum absolute atomic E-state index is 0.00609. The lowest BCUT2D eigenvalue weighted by Gasteiger charge is -2.44. The Kier molecular flexibility index (Phi) is 6.50. The number of aliphatic hydroxyl groups excluding tert-OH is 1. The number of aliphatic hydroxyl groups is 1. The number of hydrogen-bond donors (Lipinski definition) is 2. The highest BCUT2D eigenvalue weighted by molar-refractivity contribution is 5.92. The standard InChI is InChI=1S/C22H33N3O3/c26-19-8-12-24(13-9-19)16-22(27)23-17-4-6-20(7-5-17)28-21-14-18(15-21)25-10-2-1-3-11-25/h4-7,18-19,21,26H,1-3,8-16H2,(H,23,27). The molecule has 2 aliphatic heterocycles. The zero-order valence-corrected chi connectivity index (χ0v) is 16.7. The summed E-state index contributed by atoms with van der Waals surface area (Å²) in [5.41, 5.74) is 0.800. The fraction of sp³-hybridized carbons (Fsp3) is 0.682. The topological polar surface area (TPSA) is 65.0 Å². The molecule has 6 heteroatoms. The Hall–Kier alpha value is -1.63. The van der Waals surface area contributed by atoms with Gasteiger partial charge >= 0.3 is 0 Å². The van der Waals surface area contributed by atoms with Crippen LogP contribution in [-0.4, -0.2) is 71.8 Å². The summed E-state index contributed by atoms with van der Waals surface area (Å²) >= 11 is 0. The summed E-state index contributed by atoms with van der Waals surface area (Å²) in [5.74, 6) is 0.874. The molecule has 1 amide bonds. The van der Waals surface area contributed by atoms with E-state index in [9.17, 15) is 9.90 Å². The van der Waals surface area contributed by atoms with Crippen molar-refractivity contribution in [1.29, 1.82) is 0 Å². The average molecular weight is 388 g/mol. The Bertz CT molecular complexity index is 631. The lowest BCUT2D eigenvalue weighted by molar-refractivity contribution is -0.117. The molecule has 154 valence electrons. The zero-order chi connectivity index (χ0) is 19.3. The molecule has 1 aromatic rings. The molecular formula is C22H33N3O3. The first kappa shape index (κ1) is 19.7. The van der Waals surface area contributed by atoms with Crippen molar-refractivity contribution in [3.8, 4) is 5.75 Å². The first-order chi connectivity index (χ1) is 13.7. The van der Waals surface area contributed by atoms with E-state index in [1.54, 1.807) is 0 Å². The van der Waals surface area contributed by atoms with Gasteiger partial charge in [-0.15, -0.1) is 0 Å². The van der Waals surface area contributed by atoms with Gasteiger partial charge in [-0.3, -0.25) is 9.69 Å². The summed E-state index contributed by atoms with van der Waals surface area (Å²) < 4.78 is 6.09. The maximum Gasteiger partial charge on any atom is 0.238 e. The lowest BCUT2D eigenvalue weighted by Crippen LogP contribution is -2.50. The molecule has 1 aromatic carbocycles. The van der Waals surface area contributed by atoms with Crippen LogP contribution in [-0.2, 0) is 4.79 Å². The van der Waals surface area contributed by atoms with E-state index >= 15 is 0 Å². The number of hydrogen-bond acceptors (Lipinski definition) is 5. The second-order valence-corrected chi connectivity index (χ2v) is 8.54. The second kappa shape index (κ2) is 9.25. The highest BCUT2D eigenvalue weighted by Crippen LogP contribution is 2.31. The summed E-state index contributed by atoms with van der Waals surface area (Å²) in [6.07, 6.45) is 7.93. The Morgan fingerprint density at radius 3 is 2.39 bits per heavy atom. The lowest BCUT2D eigenvalue weighted by atomic mass is 9.86. The molecule has 0 atom stereocenters. The van der Waals surface area contributed by atoms with Crippen molar-refractivity contribution in [2.45, 2.75) is 63.2 Å². The normalized spacial score (nSPS) is 27.2. The molecule has 6 nitrogen and oxygen atoms in total. The van der Waals surface area contributed by atoms with Crippen LogP contribution in [0.25, 0.3) is 0 Å². The van der Waals surface area contributed by atoms with Gasteiger partial charge in [-0.2, -0.15) is 0 Å². The molecule has 3 aliphatic rings. The molecule has 2 N–H and O–H groups in total. The van der Waals surface area contributed by atoms with Crippen LogP contribution in [0.1, 0.15) is 44.9 Å². The molecule has 0 unspecified atom stereocenters. The van der Waals surface area contributed by atoms with Gasteiger partial charge in [0.15, 0.2) is 0 Å². The number of ether oxygens (including phenoxy) is 1. The minimum Gasteiger partial charge on any atom is -0.490 e. The number of likely N-dealkylation sites (tertiary alicyclic amines) is 2. The highest BCUT2D eigenvalue weighted by atomic mass is 16.5. The van der Waals surface area contributed by atoms with Crippen LogP contribution in [0.2, 0.25) is 0 Å². The maximum absolute atomic E-state index is 12.2. The summed E-state index contributed by atoms with van der Waals surface area (Å²) in [5, 5.41) is 12.5. The summed E-state index contributed by atoms with van der Waals surface area (Å²) in [7, 11) is 0. The van der Waals surface area contributed by atoms with Crippen LogP contribution in [0.4, 0.5) is 5.69 Å². The fourth-order valence-electron chi connectivity index (χ4n) is 4.51. The van der Waals surface area contributed by atoms with Gasteiger partial charge < -0.3 is 20.1 Å². The number of nitrogens with one attached hydrogen (secondary N) is 1. The van der Waals surface area contributed by atoms with Crippen molar-refractivity contribution in [2.24, 2.45) is 0 Å². The van der Waals surface area contributed by atoms with Crippen LogP contribution in [0.5, 0.6) is 5.75 Å². The largest absolute Gasteiger partial charge is 0.490 e. The monoisotopic (exact) mass is 387 g/mol. The van der Waals surface area contributed by atoms with Gasteiger partial charge in [0.05, 0.1) is 12.6 Å². The maximum atomic E-state index is 12.2. The first-order valence-corrected chi connectivity index (χ1v) is 10.9. The van der Waals surface area contributed by atoms with Crippen LogP contribution >= 0.6 is 0 Å². The number of amides is 1. The van der Waals surface area contributed by atoms with Gasteiger partial charge in [-0.1, -0.05) is 6.42 Å². The molecule has 1 aliphatic carbocycles. The van der Waals surface area contributed by atoms with Gasteiger partial charge in [-0.25, -0.2) is 0 Å². The van der Waals surface area contributed by atoms with E-state index in [2.05, 4.69) is 15.1 Å². The van der Waals surface area contributed by atoms with E-state index in [4.69, 9.17) is 4.74 Å². The number of carbonyl (C=O) groups is 1. The molecule has 0 radical (unpaired) electrons. The predicted molar refractivity (Wildman–Crippen MR) is 110 cm³/mol. The molecule has 28 heavy (non-hydrogen) atoms. The Labute approximate surface area is 167 Å². The van der Waals surface area contributed by atoms with Gasteiger partial charge in [0.1, 0.15) is 11.9 Å². The molecule has 0 bridgehead atoms. The molecule has 1 saturated carbocycles. The van der Waals surface area contributed by atoms with Crippen molar-refractivity contribution < 1.29 is 14.6 Å². The third-order valence-electron chi connectivity index (χ3n) is 6.34. The Balaban J connectivity index is 1.17. The van der Waals surface area contributed by atoms with E-state index in [0.717, 1.165) is 50.2 Å². The van der Waals surface area contributed by atoms with Crippen LogP contribution in [0.15, 0.2) is 24.3 Å². The predicted octanol–water partition coefficient (Wildman–Crippen LogP) is 2.48. The zero-order valence-electron chi connectivity index (χ0n) is 16.7. The molecule has 0 spiro atoms. The van der Waals surface area contributed by atoms with E-state index in [-0.39, 0.29) is 12.0 Å². The molecule has 3 fully saturated rings. The van der Waals surface area contributed by atoms with Gasteiger partial charge in [0, 0.05) is 37.7 Å². The Morgan fingerprint density at radius 1 is 1.04 bits per heavy atom. The Morgan fingerprint density at radius 2 is 1.71 bits per heavy atom. The summed E-state index contributed by atoms with van der Waals surface area (Å²) in [4.78, 5) is 16.9. The van der Waals surface area contributed by atoms with Gasteiger partial charge in [-0.05, 0) is 63.0 Å². The number of piperidine rings is 2. The quantitative estimate of drug-likeness (QED) is 0.785. The van der Waals surface area contributed by atoms with E-state index in [0.29, 0.717) is 18.7 Å². The fourth-order valence-corrected chi connectivity index (χ4v) is 4.51. The van der Waals surface area contributed by atoms with E-state index in [1.807, 2.05) is 24.3 Å². The molecule has 0 aromatic heterocycles. The highest BCUT2D eigenvalue weighted by Gasteiger charge is 2.35. The number of carbonyl (C=O) groups excluding carboxylic acids is 1. The number of anilines is 1. The van der Waals surface area contributed by atoms with Crippen molar-refractivity contribution in [2.75, 3.05) is 38.0 Å². The van der Waals surface area contributed by atoms with E-state index < -0.39 is 0 Å². The summed E-state index contributed by atoms with van der Waals surface area (Å²) in [6.45, 7) is 4.45. The SMILES string of the molecule is O=C(CN1CCC(O)CC1)Nc1ccc(OC2CC(N3CCCCC3)C2)cc1. The van der Waals surface area contributed by atoms with Crippen molar-refractivity contribution in [3.63, 3.8) is 0 Å². The third-order valence-corrected chi connectivity index (χ3v) is 6.34. The molecule has 2 heterocycles. The van der Waals surface area contributed by atoms with Crippen molar-refractivity contribution in [1.82, 2.24) is 9.80 Å². The van der Waals surface area contributed by atoms with Crippen LogP contribution in [0, 0.1) is 0 Å². The van der Waals surface area contributed by atoms with Gasteiger partial charge in [0.2, 0.25) is 5.91 Å². The smallest absolute Gasteiger partial charge is 0.238 e. The summed E-state index contributed by atoms with van der Waals surface area (Å²) in [6, 6.07) is 8.42. The van der Waals surface area contributed by atoms with Crippen LogP contribution in [0.3, 0.4) is 0 Å². The average Bonchev–Trinajstić information content (AvgIpc) is 2.68. The second-order valence-electron chi connectivity index (χ2n) is 8.54. The minimum atomic E-state index is -0.211. The molecular weight excluding hydrogens is 354 g/mol. The van der Waals surface area contributed by atoms with E-state index in [1.165, 1.54) is 32.4 Å². The third kappa shape index (κ3) is 5.25. The number of rotatable bonds is 6. The van der Waals surface area contributed by atoms with Gasteiger partial charge in [0.25, 0.3) is 0 Å². The van der Waals surface area contributed by atoms with Crippen molar-refractivity contribution >= 4 is 11.6 Å². The molecule has 2 saturated heterocycles. The first-order valence-electron chi connectivity index (χ1n) is 10.9. The van der Waals surface area contributed by atoms with Crippen molar-refractivity contribution in [3.05, 3.63) is 24.3 Å². The number of benzene rings is 1. The number of nitrogens with zero attached hydrogens (tertiary/aromatic N) is 2. The molecule has 4 rings (SSSR count). The van der Waals surface area contributed by atoms with Crippen LogP contribution < -0.4 is 10.1 Å².